The number of aryl methyl sites for hydroxylation is 1. The number of rotatable bonds is 6. The van der Waals surface area contributed by atoms with Crippen molar-refractivity contribution in [3.63, 3.8) is 0 Å². The number of hydrogen-bond acceptors (Lipinski definition) is 4. The van der Waals surface area contributed by atoms with Gasteiger partial charge in [0.2, 0.25) is 0 Å². The van der Waals surface area contributed by atoms with Crippen LogP contribution in [0.1, 0.15) is 49.7 Å². The van der Waals surface area contributed by atoms with E-state index in [2.05, 4.69) is 17.1 Å². The first-order chi connectivity index (χ1) is 12.2. The van der Waals surface area contributed by atoms with Crippen LogP contribution in [0.5, 0.6) is 5.75 Å². The van der Waals surface area contributed by atoms with Gasteiger partial charge in [-0.2, -0.15) is 5.26 Å². The zero-order chi connectivity index (χ0) is 17.6. The van der Waals surface area contributed by atoms with Gasteiger partial charge in [0, 0.05) is 25.1 Å². The number of carbonyl (C=O) groups excluding carboxylic acids is 1. The first kappa shape index (κ1) is 17.4. The topological polar surface area (TPSA) is 62.5 Å². The molecular weight excluding hydrogens is 312 g/mol. The molecule has 3 atom stereocenters. The highest BCUT2D eigenvalue weighted by Crippen LogP contribution is 2.42. The summed E-state index contributed by atoms with van der Waals surface area (Å²) < 4.78 is 5.44. The summed E-state index contributed by atoms with van der Waals surface area (Å²) in [6.45, 7) is 2.73. The Hall–Kier alpha value is -2.41. The number of esters is 1. The third-order valence-electron chi connectivity index (χ3n) is 5.05. The minimum absolute atomic E-state index is 0.0363. The maximum Gasteiger partial charge on any atom is 0.311 e. The van der Waals surface area contributed by atoms with Crippen molar-refractivity contribution in [3.8, 4) is 11.8 Å². The number of nitriles is 1. The highest BCUT2D eigenvalue weighted by atomic mass is 16.5. The van der Waals surface area contributed by atoms with Crippen LogP contribution in [-0.2, 0) is 11.2 Å². The Kier molecular flexibility index (Phi) is 5.65. The molecule has 0 saturated carbocycles. The van der Waals surface area contributed by atoms with Crippen molar-refractivity contribution in [2.75, 3.05) is 6.54 Å². The zero-order valence-electron chi connectivity index (χ0n) is 14.6. The summed E-state index contributed by atoms with van der Waals surface area (Å²) >= 11 is 0. The fourth-order valence-electron chi connectivity index (χ4n) is 3.79. The number of dihydropyridines is 1. The van der Waals surface area contributed by atoms with E-state index in [9.17, 15) is 10.1 Å². The van der Waals surface area contributed by atoms with Crippen LogP contribution in [0.4, 0.5) is 0 Å². The molecular formula is C21H24N2O2. The third kappa shape index (κ3) is 4.17. The molecule has 0 bridgehead atoms. The summed E-state index contributed by atoms with van der Waals surface area (Å²) in [6.07, 6.45) is 9.94. The average molecular weight is 336 g/mol. The quantitative estimate of drug-likeness (QED) is 0.577. The summed E-state index contributed by atoms with van der Waals surface area (Å²) in [5, 5.41) is 9.73. The standard InChI is InChI=1S/C21H24N2O2/c1-2-4-21(24)25-18-8-6-16-7-9-19(20(16)12-18)17(13-22)11-15-5-3-10-23-14-15/h3,5-6,8,10,12,15,17,19H,2,4,7,9,11,14H2,1H3. The molecule has 4 nitrogen and oxygen atoms in total. The van der Waals surface area contributed by atoms with Crippen LogP contribution in [0, 0.1) is 23.2 Å². The molecule has 4 heteroatoms. The number of benzene rings is 1. The smallest absolute Gasteiger partial charge is 0.311 e. The summed E-state index contributed by atoms with van der Waals surface area (Å²) in [6, 6.07) is 8.41. The summed E-state index contributed by atoms with van der Waals surface area (Å²) in [5.74, 6) is 0.918. The molecule has 0 saturated heterocycles. The predicted molar refractivity (Wildman–Crippen MR) is 97.8 cm³/mol. The van der Waals surface area contributed by atoms with Gasteiger partial charge < -0.3 is 4.74 Å². The Morgan fingerprint density at radius 1 is 1.48 bits per heavy atom. The van der Waals surface area contributed by atoms with Crippen molar-refractivity contribution in [1.29, 1.82) is 5.26 Å². The highest BCUT2D eigenvalue weighted by molar-refractivity contribution is 5.72. The van der Waals surface area contributed by atoms with Gasteiger partial charge in [-0.3, -0.25) is 9.79 Å². The van der Waals surface area contributed by atoms with Crippen LogP contribution in [0.3, 0.4) is 0 Å². The van der Waals surface area contributed by atoms with Gasteiger partial charge in [-0.1, -0.05) is 19.1 Å². The SMILES string of the molecule is CCCC(=O)Oc1ccc2c(c1)C(C(C#N)CC1C=CC=NC1)CC2. The summed E-state index contributed by atoms with van der Waals surface area (Å²) in [5.41, 5.74) is 2.45. The Morgan fingerprint density at radius 3 is 3.08 bits per heavy atom. The molecule has 0 radical (unpaired) electrons. The van der Waals surface area contributed by atoms with Crippen LogP contribution >= 0.6 is 0 Å². The van der Waals surface area contributed by atoms with E-state index in [0.29, 0.717) is 18.1 Å². The number of carbonyl (C=O) groups is 1. The summed E-state index contributed by atoms with van der Waals surface area (Å²) in [7, 11) is 0. The summed E-state index contributed by atoms with van der Waals surface area (Å²) in [4.78, 5) is 16.1. The van der Waals surface area contributed by atoms with E-state index in [1.165, 1.54) is 11.1 Å². The largest absolute Gasteiger partial charge is 0.427 e. The number of aliphatic imine (C=N–C) groups is 1. The number of fused-ring (bicyclic) bond motifs is 1. The van der Waals surface area contributed by atoms with Gasteiger partial charge in [-0.25, -0.2) is 0 Å². The lowest BCUT2D eigenvalue weighted by atomic mass is 9.81. The lowest BCUT2D eigenvalue weighted by molar-refractivity contribution is -0.134. The Bertz CT molecular complexity index is 730. The fourth-order valence-corrected chi connectivity index (χ4v) is 3.79. The first-order valence-electron chi connectivity index (χ1n) is 9.11. The highest BCUT2D eigenvalue weighted by Gasteiger charge is 2.31. The van der Waals surface area contributed by atoms with E-state index in [4.69, 9.17) is 4.74 Å². The number of allylic oxidation sites excluding steroid dienone is 1. The Labute approximate surface area is 149 Å². The van der Waals surface area contributed by atoms with Gasteiger partial charge in [-0.15, -0.1) is 0 Å². The van der Waals surface area contributed by atoms with Crippen LogP contribution < -0.4 is 4.74 Å². The maximum atomic E-state index is 11.8. The Balaban J connectivity index is 1.74. The second-order valence-corrected chi connectivity index (χ2v) is 6.86. The first-order valence-corrected chi connectivity index (χ1v) is 9.11. The molecule has 0 N–H and O–H groups in total. The monoisotopic (exact) mass is 336 g/mol. The van der Waals surface area contributed by atoms with E-state index in [1.54, 1.807) is 0 Å². The molecule has 2 aliphatic rings. The van der Waals surface area contributed by atoms with Crippen LogP contribution in [0.2, 0.25) is 0 Å². The van der Waals surface area contributed by atoms with Gasteiger partial charge in [-0.05, 0) is 60.9 Å². The van der Waals surface area contributed by atoms with Gasteiger partial charge in [0.05, 0.1) is 12.0 Å². The van der Waals surface area contributed by atoms with Crippen LogP contribution in [0.15, 0.2) is 35.3 Å². The van der Waals surface area contributed by atoms with Gasteiger partial charge in [0.25, 0.3) is 0 Å². The molecule has 0 amide bonds. The lowest BCUT2D eigenvalue weighted by Crippen LogP contribution is -2.16. The van der Waals surface area contributed by atoms with Gasteiger partial charge >= 0.3 is 5.97 Å². The van der Waals surface area contributed by atoms with Crippen molar-refractivity contribution < 1.29 is 9.53 Å². The molecule has 1 aliphatic carbocycles. The van der Waals surface area contributed by atoms with Crippen LogP contribution in [-0.4, -0.2) is 18.7 Å². The van der Waals surface area contributed by atoms with E-state index in [0.717, 1.165) is 32.2 Å². The molecule has 25 heavy (non-hydrogen) atoms. The van der Waals surface area contributed by atoms with Crippen molar-refractivity contribution in [2.45, 2.75) is 44.9 Å². The van der Waals surface area contributed by atoms with E-state index >= 15 is 0 Å². The van der Waals surface area contributed by atoms with Crippen molar-refractivity contribution in [2.24, 2.45) is 16.8 Å². The number of hydrogen-bond donors (Lipinski definition) is 0. The number of ether oxygens (including phenoxy) is 1. The molecule has 130 valence electrons. The third-order valence-corrected chi connectivity index (χ3v) is 5.05. The fraction of sp³-hybridized carbons (Fsp3) is 0.476. The maximum absolute atomic E-state index is 11.8. The van der Waals surface area contributed by atoms with E-state index in [-0.39, 0.29) is 17.8 Å². The van der Waals surface area contributed by atoms with E-state index < -0.39 is 0 Å². The normalized spacial score (nSPS) is 22.2. The molecule has 3 unspecified atom stereocenters. The Morgan fingerprint density at radius 2 is 2.36 bits per heavy atom. The molecule has 1 aliphatic heterocycles. The molecule has 3 rings (SSSR count). The second-order valence-electron chi connectivity index (χ2n) is 6.86. The molecule has 1 aromatic carbocycles. The molecule has 1 aromatic rings. The average Bonchev–Trinajstić information content (AvgIpc) is 3.04. The second kappa shape index (κ2) is 8.11. The zero-order valence-corrected chi connectivity index (χ0v) is 14.6. The van der Waals surface area contributed by atoms with Gasteiger partial charge in [0.1, 0.15) is 5.75 Å². The van der Waals surface area contributed by atoms with Gasteiger partial charge in [0.15, 0.2) is 0 Å². The molecule has 1 heterocycles. The molecule has 0 aromatic heterocycles. The van der Waals surface area contributed by atoms with Crippen molar-refractivity contribution in [1.82, 2.24) is 0 Å². The van der Waals surface area contributed by atoms with Crippen molar-refractivity contribution >= 4 is 12.2 Å². The minimum Gasteiger partial charge on any atom is -0.427 e. The van der Waals surface area contributed by atoms with Crippen LogP contribution in [0.25, 0.3) is 0 Å². The van der Waals surface area contributed by atoms with Crippen molar-refractivity contribution in [3.05, 3.63) is 41.5 Å². The predicted octanol–water partition coefficient (Wildman–Crippen LogP) is 4.21. The number of nitrogens with zero attached hydrogens (tertiary/aromatic N) is 2. The lowest BCUT2D eigenvalue weighted by Gasteiger charge is -2.22. The minimum atomic E-state index is -0.195. The molecule has 0 fully saturated rings. The van der Waals surface area contributed by atoms with E-state index in [1.807, 2.05) is 37.4 Å². The molecule has 0 spiro atoms.